The van der Waals surface area contributed by atoms with Crippen molar-refractivity contribution in [3.8, 4) is 0 Å². The smallest absolute Gasteiger partial charge is 0.262 e. The number of aldehydes is 1. The summed E-state index contributed by atoms with van der Waals surface area (Å²) in [6, 6.07) is 3.59. The number of primary amides is 1. The fourth-order valence-electron chi connectivity index (χ4n) is 3.22. The Morgan fingerprint density at radius 3 is 2.73 bits per heavy atom. The van der Waals surface area contributed by atoms with Crippen molar-refractivity contribution in [1.29, 1.82) is 0 Å². The van der Waals surface area contributed by atoms with Crippen LogP contribution in [0, 0.1) is 0 Å². The van der Waals surface area contributed by atoms with Crippen LogP contribution in [0.1, 0.15) is 33.6 Å². The van der Waals surface area contributed by atoms with Gasteiger partial charge >= 0.3 is 0 Å². The number of hydrogen-bond acceptors (Lipinski definition) is 7. The van der Waals surface area contributed by atoms with E-state index >= 15 is 0 Å². The molecule has 3 N–H and O–H groups in total. The first-order valence-corrected chi connectivity index (χ1v) is 8.23. The van der Waals surface area contributed by atoms with E-state index in [2.05, 4.69) is 0 Å². The van der Waals surface area contributed by atoms with Gasteiger partial charge in [-0.3, -0.25) is 19.3 Å². The molecule has 0 aromatic heterocycles. The van der Waals surface area contributed by atoms with Crippen molar-refractivity contribution in [2.45, 2.75) is 25.2 Å². The van der Waals surface area contributed by atoms with Crippen LogP contribution in [0.3, 0.4) is 0 Å². The van der Waals surface area contributed by atoms with Gasteiger partial charge in [-0.1, -0.05) is 0 Å². The maximum absolute atomic E-state index is 12.7. The molecule has 2 aliphatic heterocycles. The van der Waals surface area contributed by atoms with Gasteiger partial charge in [-0.05, 0) is 24.6 Å². The van der Waals surface area contributed by atoms with Crippen LogP contribution in [0.2, 0.25) is 0 Å². The van der Waals surface area contributed by atoms with E-state index in [-0.39, 0.29) is 30.5 Å². The molecular weight excluding hydrogens is 342 g/mol. The fraction of sp³-hybridized carbons (Fsp3) is 0.412. The number of benzene rings is 1. The van der Waals surface area contributed by atoms with Gasteiger partial charge in [0.25, 0.3) is 11.8 Å². The summed E-state index contributed by atoms with van der Waals surface area (Å²) in [6.45, 7) is 1.12. The summed E-state index contributed by atoms with van der Waals surface area (Å²) in [7, 11) is 0. The van der Waals surface area contributed by atoms with Crippen molar-refractivity contribution >= 4 is 29.7 Å². The summed E-state index contributed by atoms with van der Waals surface area (Å²) < 4.78 is 5.08. The predicted molar refractivity (Wildman–Crippen MR) is 89.4 cm³/mol. The first kappa shape index (κ1) is 18.0. The van der Waals surface area contributed by atoms with Crippen LogP contribution < -0.4 is 10.6 Å². The first-order valence-electron chi connectivity index (χ1n) is 8.23. The van der Waals surface area contributed by atoms with Crippen LogP contribution in [-0.4, -0.2) is 66.0 Å². The Labute approximate surface area is 149 Å². The number of anilines is 1. The number of nitrogens with zero attached hydrogens (tertiary/aromatic N) is 2. The molecule has 0 aliphatic carbocycles. The van der Waals surface area contributed by atoms with Gasteiger partial charge in [0, 0.05) is 18.7 Å². The highest BCUT2D eigenvalue weighted by molar-refractivity contribution is 6.23. The minimum Gasteiger partial charge on any atom is -0.368 e. The molecule has 0 saturated carbocycles. The Bertz CT molecular complexity index is 765. The minimum absolute atomic E-state index is 0.00713. The molecule has 26 heavy (non-hydrogen) atoms. The number of aliphatic hydroxyl groups excluding tert-OH is 1. The van der Waals surface area contributed by atoms with E-state index in [4.69, 9.17) is 10.5 Å². The van der Waals surface area contributed by atoms with Gasteiger partial charge in [-0.2, -0.15) is 0 Å². The Morgan fingerprint density at radius 2 is 2.08 bits per heavy atom. The molecule has 0 bridgehead atoms. The number of nitrogens with two attached hydrogens (primary N) is 1. The molecule has 2 aliphatic rings. The number of ether oxygens (including phenoxy) is 1. The Balaban J connectivity index is 1.89. The third kappa shape index (κ3) is 3.18. The standard InChI is InChI=1S/C17H19N3O6/c18-15(23)13(2-1-6-21)20-16(24)11-4-3-10(8-12(11)17(20)25)19-5-7-26-14(22)9-19/h3-4,6,8,13-14,22H,1-2,5,7,9H2,(H2,18,23). The SMILES string of the molecule is NC(=O)C(CCC=O)N1C(=O)c2ccc(N3CCOC(O)C3)cc2C1=O. The highest BCUT2D eigenvalue weighted by Crippen LogP contribution is 2.30. The van der Waals surface area contributed by atoms with Crippen LogP contribution >= 0.6 is 0 Å². The van der Waals surface area contributed by atoms with Crippen molar-refractivity contribution < 1.29 is 29.0 Å². The number of carbonyl (C=O) groups excluding carboxylic acids is 4. The maximum atomic E-state index is 12.7. The van der Waals surface area contributed by atoms with Gasteiger partial charge in [0.2, 0.25) is 5.91 Å². The molecular formula is C17H19N3O6. The Hall–Kier alpha value is -2.78. The van der Waals surface area contributed by atoms with Crippen LogP contribution in [0.15, 0.2) is 18.2 Å². The molecule has 2 unspecified atom stereocenters. The van der Waals surface area contributed by atoms with Gasteiger partial charge in [0.15, 0.2) is 6.29 Å². The van der Waals surface area contributed by atoms with Crippen LogP contribution in [0.25, 0.3) is 0 Å². The Kier molecular flexibility index (Phi) is 5.01. The van der Waals surface area contributed by atoms with E-state index in [1.54, 1.807) is 12.1 Å². The second kappa shape index (κ2) is 7.22. The average Bonchev–Trinajstić information content (AvgIpc) is 2.86. The lowest BCUT2D eigenvalue weighted by molar-refractivity contribution is -0.122. The molecule has 2 heterocycles. The van der Waals surface area contributed by atoms with Crippen LogP contribution in [0.4, 0.5) is 5.69 Å². The summed E-state index contributed by atoms with van der Waals surface area (Å²) >= 11 is 0. The zero-order valence-corrected chi connectivity index (χ0v) is 14.0. The second-order valence-electron chi connectivity index (χ2n) is 6.14. The molecule has 9 heteroatoms. The number of rotatable bonds is 6. The summed E-state index contributed by atoms with van der Waals surface area (Å²) in [6.07, 6.45) is -0.311. The quantitative estimate of drug-likeness (QED) is 0.504. The highest BCUT2D eigenvalue weighted by atomic mass is 16.6. The number of hydrogen-bond donors (Lipinski definition) is 2. The van der Waals surface area contributed by atoms with E-state index in [9.17, 15) is 24.3 Å². The summed E-state index contributed by atoms with van der Waals surface area (Å²) in [4.78, 5) is 50.3. The monoisotopic (exact) mass is 361 g/mol. The topological polar surface area (TPSA) is 130 Å². The number of amides is 3. The third-order valence-corrected chi connectivity index (χ3v) is 4.51. The van der Waals surface area contributed by atoms with Crippen molar-refractivity contribution in [3.63, 3.8) is 0 Å². The minimum atomic E-state index is -1.17. The molecule has 3 rings (SSSR count). The zero-order valence-electron chi connectivity index (χ0n) is 14.0. The zero-order chi connectivity index (χ0) is 18.8. The molecule has 2 atom stereocenters. The van der Waals surface area contributed by atoms with E-state index in [1.165, 1.54) is 6.07 Å². The van der Waals surface area contributed by atoms with E-state index in [1.807, 2.05) is 4.90 Å². The predicted octanol–water partition coefficient (Wildman–Crippen LogP) is -0.729. The number of carbonyl (C=O) groups is 4. The summed E-state index contributed by atoms with van der Waals surface area (Å²) in [5, 5.41) is 9.61. The second-order valence-corrected chi connectivity index (χ2v) is 6.14. The number of fused-ring (bicyclic) bond motifs is 1. The van der Waals surface area contributed by atoms with Crippen LogP contribution in [-0.2, 0) is 14.3 Å². The molecule has 9 nitrogen and oxygen atoms in total. The van der Waals surface area contributed by atoms with Crippen molar-refractivity contribution in [2.75, 3.05) is 24.6 Å². The number of imide groups is 1. The van der Waals surface area contributed by atoms with Crippen molar-refractivity contribution in [1.82, 2.24) is 4.90 Å². The average molecular weight is 361 g/mol. The molecule has 138 valence electrons. The summed E-state index contributed by atoms with van der Waals surface area (Å²) in [5.41, 5.74) is 6.35. The lowest BCUT2D eigenvalue weighted by Crippen LogP contribution is -2.47. The molecule has 0 radical (unpaired) electrons. The summed E-state index contributed by atoms with van der Waals surface area (Å²) in [5.74, 6) is -2.05. The van der Waals surface area contributed by atoms with Gasteiger partial charge in [0.05, 0.1) is 24.3 Å². The molecule has 1 saturated heterocycles. The van der Waals surface area contributed by atoms with Gasteiger partial charge in [-0.25, -0.2) is 0 Å². The normalized spacial score (nSPS) is 20.9. The van der Waals surface area contributed by atoms with Crippen molar-refractivity contribution in [2.24, 2.45) is 5.73 Å². The van der Waals surface area contributed by atoms with E-state index in [0.29, 0.717) is 25.1 Å². The molecule has 1 aromatic carbocycles. The fourth-order valence-corrected chi connectivity index (χ4v) is 3.22. The molecule has 3 amide bonds. The largest absolute Gasteiger partial charge is 0.368 e. The lowest BCUT2D eigenvalue weighted by atomic mass is 10.1. The Morgan fingerprint density at radius 1 is 1.35 bits per heavy atom. The van der Waals surface area contributed by atoms with E-state index in [0.717, 1.165) is 4.90 Å². The number of aliphatic hydroxyl groups is 1. The third-order valence-electron chi connectivity index (χ3n) is 4.51. The first-order chi connectivity index (χ1) is 12.4. The highest BCUT2D eigenvalue weighted by Gasteiger charge is 2.42. The number of morpholine rings is 1. The van der Waals surface area contributed by atoms with Gasteiger partial charge in [-0.15, -0.1) is 0 Å². The van der Waals surface area contributed by atoms with Gasteiger partial charge in [0.1, 0.15) is 12.3 Å². The molecule has 0 spiro atoms. The lowest BCUT2D eigenvalue weighted by Gasteiger charge is -2.32. The van der Waals surface area contributed by atoms with Crippen molar-refractivity contribution in [3.05, 3.63) is 29.3 Å². The molecule has 1 aromatic rings. The molecule has 1 fully saturated rings. The van der Waals surface area contributed by atoms with Gasteiger partial charge < -0.3 is 25.3 Å². The maximum Gasteiger partial charge on any atom is 0.262 e. The van der Waals surface area contributed by atoms with Crippen LogP contribution in [0.5, 0.6) is 0 Å². The number of β-amino-alcohol motifs (C(OH)–C–C–N with tert-alkyl or cyclic N) is 1. The van der Waals surface area contributed by atoms with E-state index < -0.39 is 30.1 Å².